The predicted octanol–water partition coefficient (Wildman–Crippen LogP) is 6.10. The molecule has 1 fully saturated rings. The molecule has 36 heavy (non-hydrogen) atoms. The summed E-state index contributed by atoms with van der Waals surface area (Å²) < 4.78 is 11.0. The summed E-state index contributed by atoms with van der Waals surface area (Å²) in [6.07, 6.45) is 2.21. The average Bonchev–Trinajstić information content (AvgIpc) is 3.64. The molecule has 0 spiro atoms. The fourth-order valence-electron chi connectivity index (χ4n) is 4.58. The highest BCUT2D eigenvalue weighted by atomic mass is 16.5. The van der Waals surface area contributed by atoms with Gasteiger partial charge in [-0.2, -0.15) is 0 Å². The van der Waals surface area contributed by atoms with Crippen molar-refractivity contribution in [2.24, 2.45) is 0 Å². The summed E-state index contributed by atoms with van der Waals surface area (Å²) in [6.45, 7) is 5.67. The Hall–Kier alpha value is -4.06. The van der Waals surface area contributed by atoms with Crippen LogP contribution in [0.5, 0.6) is 0 Å². The summed E-state index contributed by atoms with van der Waals surface area (Å²) in [5, 5.41) is 4.19. The Balaban J connectivity index is 1.36. The lowest BCUT2D eigenvalue weighted by atomic mass is 9.93. The van der Waals surface area contributed by atoms with Crippen LogP contribution in [0.25, 0.3) is 22.5 Å². The molecular formula is C30H28N2O4. The second kappa shape index (κ2) is 9.53. The molecule has 2 heterocycles. The molecule has 182 valence electrons. The number of aromatic nitrogens is 2. The highest BCUT2D eigenvalue weighted by Gasteiger charge is 2.52. The van der Waals surface area contributed by atoms with E-state index in [0.717, 1.165) is 52.0 Å². The molecule has 0 saturated heterocycles. The maximum absolute atomic E-state index is 12.4. The first-order valence-corrected chi connectivity index (χ1v) is 12.2. The molecule has 0 aliphatic heterocycles. The molecule has 1 saturated carbocycles. The summed E-state index contributed by atoms with van der Waals surface area (Å²) in [4.78, 5) is 28.6. The Kier molecular flexibility index (Phi) is 6.27. The van der Waals surface area contributed by atoms with Crippen LogP contribution < -0.4 is 0 Å². The first-order valence-electron chi connectivity index (χ1n) is 12.2. The Morgan fingerprint density at radius 3 is 2.19 bits per heavy atom. The number of aryl methyl sites for hydroxylation is 1. The molecule has 6 nitrogen and oxygen atoms in total. The van der Waals surface area contributed by atoms with Crippen molar-refractivity contribution in [3.05, 3.63) is 94.9 Å². The van der Waals surface area contributed by atoms with E-state index in [0.29, 0.717) is 24.5 Å². The molecule has 6 heteroatoms. The Labute approximate surface area is 210 Å². The number of Topliss-reactive ketones (excluding diaryl/α,β-unsaturated/α-hetero) is 1. The Bertz CT molecular complexity index is 1410. The molecule has 2 aromatic heterocycles. The van der Waals surface area contributed by atoms with Crippen LogP contribution in [0.4, 0.5) is 0 Å². The van der Waals surface area contributed by atoms with Gasteiger partial charge in [0.2, 0.25) is 0 Å². The van der Waals surface area contributed by atoms with Crippen molar-refractivity contribution < 1.29 is 18.8 Å². The number of pyridine rings is 1. The molecular weight excluding hydrogens is 452 g/mol. The lowest BCUT2D eigenvalue weighted by Crippen LogP contribution is -2.23. The van der Waals surface area contributed by atoms with Crippen LogP contribution in [0.15, 0.2) is 71.3 Å². The van der Waals surface area contributed by atoms with Crippen LogP contribution in [-0.4, -0.2) is 28.5 Å². The summed E-state index contributed by atoms with van der Waals surface area (Å²) >= 11 is 0. The van der Waals surface area contributed by atoms with E-state index in [-0.39, 0.29) is 11.8 Å². The second-order valence-corrected chi connectivity index (χ2v) is 9.28. The van der Waals surface area contributed by atoms with Gasteiger partial charge in [-0.3, -0.25) is 9.59 Å². The highest BCUT2D eigenvalue weighted by Crippen LogP contribution is 2.49. The van der Waals surface area contributed by atoms with Crippen LogP contribution >= 0.6 is 0 Å². The van der Waals surface area contributed by atoms with Gasteiger partial charge < -0.3 is 9.26 Å². The monoisotopic (exact) mass is 480 g/mol. The number of ether oxygens (including phenoxy) is 1. The molecule has 0 amide bonds. The lowest BCUT2D eigenvalue weighted by molar-refractivity contribution is -0.146. The smallest absolute Gasteiger partial charge is 0.316 e. The van der Waals surface area contributed by atoms with E-state index < -0.39 is 5.41 Å². The fraction of sp³-hybridized carbons (Fsp3) is 0.267. The number of hydrogen-bond donors (Lipinski definition) is 0. The quantitative estimate of drug-likeness (QED) is 0.224. The minimum atomic E-state index is -0.461. The van der Waals surface area contributed by atoms with Gasteiger partial charge >= 0.3 is 5.97 Å². The predicted molar refractivity (Wildman–Crippen MR) is 137 cm³/mol. The lowest BCUT2D eigenvalue weighted by Gasteiger charge is -2.14. The zero-order chi connectivity index (χ0) is 25.3. The number of benzene rings is 2. The third-order valence-corrected chi connectivity index (χ3v) is 6.84. The molecule has 1 aliphatic carbocycles. The Morgan fingerprint density at radius 1 is 0.944 bits per heavy atom. The van der Waals surface area contributed by atoms with Gasteiger partial charge in [-0.15, -0.1) is 0 Å². The van der Waals surface area contributed by atoms with Gasteiger partial charge in [0.15, 0.2) is 11.5 Å². The maximum Gasteiger partial charge on any atom is 0.316 e. The van der Waals surface area contributed by atoms with Gasteiger partial charge in [0.1, 0.15) is 5.69 Å². The number of esters is 1. The standard InChI is InChI=1S/C30H28N2O4/c1-4-35-29(34)30(16-17-30)24-14-12-22(13-15-24)21-8-10-23(11-9-21)28-26(19(2)32-36-28)18-25-6-5-7-27(31-25)20(3)33/h5-15H,4,16-18H2,1-3H3. The average molecular weight is 481 g/mol. The van der Waals surface area contributed by atoms with Crippen molar-refractivity contribution in [1.82, 2.24) is 10.1 Å². The number of rotatable bonds is 8. The number of carbonyl (C=O) groups is 2. The summed E-state index contributed by atoms with van der Waals surface area (Å²) in [5.74, 6) is 0.522. The van der Waals surface area contributed by atoms with E-state index in [2.05, 4.69) is 34.4 Å². The van der Waals surface area contributed by atoms with E-state index in [4.69, 9.17) is 9.26 Å². The molecule has 0 unspecified atom stereocenters. The van der Waals surface area contributed by atoms with E-state index >= 15 is 0 Å². The van der Waals surface area contributed by atoms with Gasteiger partial charge in [-0.05, 0) is 55.5 Å². The molecule has 0 N–H and O–H groups in total. The number of hydrogen-bond acceptors (Lipinski definition) is 6. The van der Waals surface area contributed by atoms with Crippen LogP contribution in [-0.2, 0) is 21.4 Å². The van der Waals surface area contributed by atoms with Crippen LogP contribution in [0.3, 0.4) is 0 Å². The third-order valence-electron chi connectivity index (χ3n) is 6.84. The van der Waals surface area contributed by atoms with Crippen molar-refractivity contribution in [3.63, 3.8) is 0 Å². The van der Waals surface area contributed by atoms with Crippen molar-refractivity contribution in [2.45, 2.75) is 45.4 Å². The topological polar surface area (TPSA) is 82.3 Å². The van der Waals surface area contributed by atoms with E-state index in [1.54, 1.807) is 6.07 Å². The first-order chi connectivity index (χ1) is 17.4. The van der Waals surface area contributed by atoms with E-state index in [1.807, 2.05) is 50.2 Å². The number of carbonyl (C=O) groups excluding carboxylic acids is 2. The molecule has 2 aromatic carbocycles. The third kappa shape index (κ3) is 4.47. The largest absolute Gasteiger partial charge is 0.465 e. The van der Waals surface area contributed by atoms with E-state index in [9.17, 15) is 9.59 Å². The van der Waals surface area contributed by atoms with Gasteiger partial charge in [-0.25, -0.2) is 4.98 Å². The SMILES string of the molecule is CCOC(=O)C1(c2ccc(-c3ccc(-c4onc(C)c4Cc4cccc(C(C)=O)n4)cc3)cc2)CC1. The molecule has 1 aliphatic rings. The molecule has 5 rings (SSSR count). The summed E-state index contributed by atoms with van der Waals surface area (Å²) in [7, 11) is 0. The van der Waals surface area contributed by atoms with Crippen LogP contribution in [0.1, 0.15) is 59.7 Å². The number of ketones is 1. The van der Waals surface area contributed by atoms with Crippen molar-refractivity contribution in [3.8, 4) is 22.5 Å². The highest BCUT2D eigenvalue weighted by molar-refractivity contribution is 5.92. The second-order valence-electron chi connectivity index (χ2n) is 9.28. The number of nitrogens with zero attached hydrogens (tertiary/aromatic N) is 2. The zero-order valence-electron chi connectivity index (χ0n) is 20.7. The summed E-state index contributed by atoms with van der Waals surface area (Å²) in [6, 6.07) is 21.8. The molecule has 0 atom stereocenters. The van der Waals surface area contributed by atoms with Gasteiger partial charge in [-0.1, -0.05) is 59.8 Å². The molecule has 4 aromatic rings. The van der Waals surface area contributed by atoms with Crippen molar-refractivity contribution in [1.29, 1.82) is 0 Å². The molecule has 0 radical (unpaired) electrons. The van der Waals surface area contributed by atoms with Gasteiger partial charge in [0, 0.05) is 30.2 Å². The van der Waals surface area contributed by atoms with Crippen molar-refractivity contribution in [2.75, 3.05) is 6.61 Å². The Morgan fingerprint density at radius 2 is 1.58 bits per heavy atom. The normalized spacial score (nSPS) is 13.9. The van der Waals surface area contributed by atoms with Crippen LogP contribution in [0.2, 0.25) is 0 Å². The van der Waals surface area contributed by atoms with Gasteiger partial charge in [0.25, 0.3) is 0 Å². The first kappa shape index (κ1) is 23.7. The van der Waals surface area contributed by atoms with Crippen molar-refractivity contribution >= 4 is 11.8 Å². The van der Waals surface area contributed by atoms with Gasteiger partial charge in [0.05, 0.1) is 17.7 Å². The zero-order valence-corrected chi connectivity index (χ0v) is 20.7. The molecule has 0 bridgehead atoms. The fourth-order valence-corrected chi connectivity index (χ4v) is 4.58. The van der Waals surface area contributed by atoms with E-state index in [1.165, 1.54) is 6.92 Å². The maximum atomic E-state index is 12.4. The summed E-state index contributed by atoms with van der Waals surface area (Å²) in [5.41, 5.74) is 6.63. The minimum Gasteiger partial charge on any atom is -0.465 e. The minimum absolute atomic E-state index is 0.0593. The van der Waals surface area contributed by atoms with Crippen LogP contribution in [0, 0.1) is 6.92 Å².